The van der Waals surface area contributed by atoms with Gasteiger partial charge in [0.15, 0.2) is 11.9 Å². The molecule has 1 aliphatic rings. The van der Waals surface area contributed by atoms with Gasteiger partial charge in [0, 0.05) is 32.1 Å². The molecule has 1 amide bonds. The summed E-state index contributed by atoms with van der Waals surface area (Å²) in [6.45, 7) is 4.28. The van der Waals surface area contributed by atoms with Crippen molar-refractivity contribution >= 4 is 5.91 Å². The number of piperidine rings is 1. The Labute approximate surface area is 138 Å². The van der Waals surface area contributed by atoms with Gasteiger partial charge in [-0.25, -0.2) is 0 Å². The molecular weight excluding hydrogens is 284 g/mol. The molecule has 0 aliphatic carbocycles. The van der Waals surface area contributed by atoms with E-state index in [1.165, 1.54) is 5.56 Å². The fourth-order valence-electron chi connectivity index (χ4n) is 3.32. The lowest BCUT2D eigenvalue weighted by Crippen LogP contribution is -2.48. The molecule has 0 atom stereocenters. The monoisotopic (exact) mass is 309 g/mol. The summed E-state index contributed by atoms with van der Waals surface area (Å²) in [5.41, 5.74) is 2.53. The second-order valence-electron chi connectivity index (χ2n) is 6.48. The molecule has 3 nitrogen and oxygen atoms in total. The first-order chi connectivity index (χ1) is 11.2. The molecule has 0 spiro atoms. The molecule has 1 aromatic carbocycles. The van der Waals surface area contributed by atoms with Crippen LogP contribution in [0.25, 0.3) is 0 Å². The lowest BCUT2D eigenvalue weighted by molar-refractivity contribution is -0.691. The Morgan fingerprint density at radius 3 is 2.48 bits per heavy atom. The second-order valence-corrected chi connectivity index (χ2v) is 6.48. The third-order valence-electron chi connectivity index (χ3n) is 4.81. The highest BCUT2D eigenvalue weighted by molar-refractivity contribution is 5.74. The van der Waals surface area contributed by atoms with E-state index in [0.717, 1.165) is 38.0 Å². The van der Waals surface area contributed by atoms with Crippen molar-refractivity contribution in [2.75, 3.05) is 13.1 Å². The van der Waals surface area contributed by atoms with Gasteiger partial charge in [0.2, 0.25) is 6.54 Å². The van der Waals surface area contributed by atoms with Crippen LogP contribution in [0.3, 0.4) is 0 Å². The first-order valence-electron chi connectivity index (χ1n) is 8.49. The number of nitrogens with zero attached hydrogens (tertiary/aromatic N) is 2. The molecule has 1 fully saturated rings. The summed E-state index contributed by atoms with van der Waals surface area (Å²) >= 11 is 0. The zero-order valence-electron chi connectivity index (χ0n) is 13.8. The summed E-state index contributed by atoms with van der Waals surface area (Å²) < 4.78 is 2.03. The minimum absolute atomic E-state index is 0.238. The van der Waals surface area contributed by atoms with Gasteiger partial charge in [-0.1, -0.05) is 36.4 Å². The maximum atomic E-state index is 12.5. The third kappa shape index (κ3) is 4.19. The van der Waals surface area contributed by atoms with E-state index in [2.05, 4.69) is 30.3 Å². The van der Waals surface area contributed by atoms with Crippen LogP contribution in [0.5, 0.6) is 0 Å². The minimum atomic E-state index is 0.238. The van der Waals surface area contributed by atoms with Gasteiger partial charge < -0.3 is 4.90 Å². The number of carbonyl (C=O) groups is 1. The fourth-order valence-corrected chi connectivity index (χ4v) is 3.32. The molecule has 1 aliphatic heterocycles. The van der Waals surface area contributed by atoms with Crippen LogP contribution in [0.2, 0.25) is 0 Å². The van der Waals surface area contributed by atoms with E-state index in [1.807, 2.05) is 40.8 Å². The smallest absolute Gasteiger partial charge is 0.288 e. The quantitative estimate of drug-likeness (QED) is 0.797. The second kappa shape index (κ2) is 7.40. The van der Waals surface area contributed by atoms with Crippen molar-refractivity contribution in [1.29, 1.82) is 0 Å². The Balaban J connectivity index is 1.50. The molecule has 120 valence electrons. The van der Waals surface area contributed by atoms with E-state index in [9.17, 15) is 4.79 Å². The van der Waals surface area contributed by atoms with Crippen LogP contribution in [-0.2, 0) is 17.8 Å². The van der Waals surface area contributed by atoms with Gasteiger partial charge in [0.1, 0.15) is 0 Å². The summed E-state index contributed by atoms with van der Waals surface area (Å²) in [6, 6.07) is 16.7. The molecule has 23 heavy (non-hydrogen) atoms. The molecule has 1 aromatic heterocycles. The molecule has 1 saturated heterocycles. The van der Waals surface area contributed by atoms with Crippen LogP contribution in [0.15, 0.2) is 54.7 Å². The van der Waals surface area contributed by atoms with Crippen molar-refractivity contribution in [2.24, 2.45) is 5.92 Å². The number of amides is 1. The largest absolute Gasteiger partial charge is 0.337 e. The number of aromatic nitrogens is 1. The first kappa shape index (κ1) is 15.7. The Morgan fingerprint density at radius 1 is 1.09 bits per heavy atom. The Morgan fingerprint density at radius 2 is 1.78 bits per heavy atom. The first-order valence-corrected chi connectivity index (χ1v) is 8.49. The Hall–Kier alpha value is -2.16. The standard InChI is InChI=1S/C20H25N2O/c1-17-7-5-6-12-22(17)16-20(23)21-13-10-19(11-14-21)15-18-8-3-2-4-9-18/h2-9,12,19H,10-11,13-16H2,1H3/q+1. The molecule has 3 heteroatoms. The van der Waals surface area contributed by atoms with Crippen LogP contribution in [0.1, 0.15) is 24.1 Å². The van der Waals surface area contributed by atoms with E-state index >= 15 is 0 Å². The Kier molecular flexibility index (Phi) is 5.06. The number of likely N-dealkylation sites (tertiary alicyclic amines) is 1. The predicted octanol–water partition coefficient (Wildman–Crippen LogP) is 2.76. The van der Waals surface area contributed by atoms with Gasteiger partial charge in [-0.15, -0.1) is 0 Å². The summed E-state index contributed by atoms with van der Waals surface area (Å²) in [7, 11) is 0. The van der Waals surface area contributed by atoms with Crippen molar-refractivity contribution in [1.82, 2.24) is 4.90 Å². The number of pyridine rings is 1. The number of carbonyl (C=O) groups excluding carboxylic acids is 1. The molecule has 2 aromatic rings. The van der Waals surface area contributed by atoms with Crippen LogP contribution in [0, 0.1) is 12.8 Å². The molecule has 3 rings (SSSR count). The topological polar surface area (TPSA) is 24.2 Å². The number of aryl methyl sites for hydroxylation is 1. The van der Waals surface area contributed by atoms with Crippen molar-refractivity contribution < 1.29 is 9.36 Å². The zero-order valence-corrected chi connectivity index (χ0v) is 13.8. The highest BCUT2D eigenvalue weighted by Crippen LogP contribution is 2.21. The van der Waals surface area contributed by atoms with Crippen LogP contribution < -0.4 is 4.57 Å². The predicted molar refractivity (Wildman–Crippen MR) is 90.8 cm³/mol. The van der Waals surface area contributed by atoms with E-state index in [-0.39, 0.29) is 5.91 Å². The SMILES string of the molecule is Cc1cccc[n+]1CC(=O)N1CCC(Cc2ccccc2)CC1. The maximum absolute atomic E-state index is 12.5. The van der Waals surface area contributed by atoms with E-state index in [0.29, 0.717) is 12.5 Å². The van der Waals surface area contributed by atoms with Gasteiger partial charge in [-0.2, -0.15) is 4.57 Å². The Bertz CT molecular complexity index is 646. The normalized spacial score (nSPS) is 15.6. The van der Waals surface area contributed by atoms with E-state index in [4.69, 9.17) is 0 Å². The molecule has 0 saturated carbocycles. The molecular formula is C20H25N2O+. The lowest BCUT2D eigenvalue weighted by atomic mass is 9.90. The molecule has 2 heterocycles. The highest BCUT2D eigenvalue weighted by Gasteiger charge is 2.25. The third-order valence-corrected chi connectivity index (χ3v) is 4.81. The van der Waals surface area contributed by atoms with Crippen molar-refractivity contribution in [3.05, 3.63) is 66.0 Å². The van der Waals surface area contributed by atoms with E-state index in [1.54, 1.807) is 0 Å². The van der Waals surface area contributed by atoms with Crippen LogP contribution in [-0.4, -0.2) is 23.9 Å². The maximum Gasteiger partial charge on any atom is 0.288 e. The average Bonchev–Trinajstić information content (AvgIpc) is 2.58. The van der Waals surface area contributed by atoms with Crippen molar-refractivity contribution in [2.45, 2.75) is 32.7 Å². The number of hydrogen-bond acceptors (Lipinski definition) is 1. The number of hydrogen-bond donors (Lipinski definition) is 0. The molecule has 0 unspecified atom stereocenters. The van der Waals surface area contributed by atoms with Gasteiger partial charge >= 0.3 is 0 Å². The summed E-state index contributed by atoms with van der Waals surface area (Å²) in [5.74, 6) is 0.940. The van der Waals surface area contributed by atoms with Crippen LogP contribution >= 0.6 is 0 Å². The molecule has 0 radical (unpaired) electrons. The number of benzene rings is 1. The number of rotatable bonds is 4. The van der Waals surface area contributed by atoms with Gasteiger partial charge in [0.05, 0.1) is 0 Å². The molecule has 0 bridgehead atoms. The zero-order chi connectivity index (χ0) is 16.1. The van der Waals surface area contributed by atoms with Crippen molar-refractivity contribution in [3.8, 4) is 0 Å². The van der Waals surface area contributed by atoms with E-state index < -0.39 is 0 Å². The highest BCUT2D eigenvalue weighted by atomic mass is 16.2. The lowest BCUT2D eigenvalue weighted by Gasteiger charge is -2.31. The average molecular weight is 309 g/mol. The van der Waals surface area contributed by atoms with Gasteiger partial charge in [-0.05, 0) is 30.7 Å². The minimum Gasteiger partial charge on any atom is -0.337 e. The van der Waals surface area contributed by atoms with Crippen molar-refractivity contribution in [3.63, 3.8) is 0 Å². The summed E-state index contributed by atoms with van der Waals surface area (Å²) in [5, 5.41) is 0. The van der Waals surface area contributed by atoms with Crippen LogP contribution in [0.4, 0.5) is 0 Å². The summed E-state index contributed by atoms with van der Waals surface area (Å²) in [6.07, 6.45) is 5.34. The fraction of sp³-hybridized carbons (Fsp3) is 0.400. The summed E-state index contributed by atoms with van der Waals surface area (Å²) in [4.78, 5) is 14.5. The van der Waals surface area contributed by atoms with Gasteiger partial charge in [-0.3, -0.25) is 4.79 Å². The van der Waals surface area contributed by atoms with Gasteiger partial charge in [0.25, 0.3) is 5.91 Å². The molecule has 0 N–H and O–H groups in total.